The summed E-state index contributed by atoms with van der Waals surface area (Å²) in [6, 6.07) is 5.99. The molecule has 0 aliphatic rings. The Labute approximate surface area is 114 Å². The summed E-state index contributed by atoms with van der Waals surface area (Å²) in [7, 11) is 3.86. The molecule has 0 aliphatic carbocycles. The lowest BCUT2D eigenvalue weighted by Crippen LogP contribution is -2.08. The average molecular weight is 274 g/mol. The zero-order chi connectivity index (χ0) is 13.2. The summed E-state index contributed by atoms with van der Waals surface area (Å²) in [5.74, 6) is 0. The van der Waals surface area contributed by atoms with Gasteiger partial charge in [0.1, 0.15) is 17.0 Å². The first-order valence-electron chi connectivity index (χ1n) is 5.92. The van der Waals surface area contributed by atoms with E-state index in [2.05, 4.69) is 24.9 Å². The topological polar surface area (TPSA) is 60.0 Å². The van der Waals surface area contributed by atoms with E-state index < -0.39 is 0 Å². The molecule has 3 aromatic rings. The molecule has 3 aromatic heterocycles. The Bertz CT molecular complexity index is 701. The van der Waals surface area contributed by atoms with Crippen LogP contribution in [0.1, 0.15) is 5.69 Å². The Kier molecular flexibility index (Phi) is 3.22. The maximum atomic E-state index is 4.65. The Morgan fingerprint density at radius 3 is 3.00 bits per heavy atom. The third-order valence-electron chi connectivity index (χ3n) is 2.79. The van der Waals surface area contributed by atoms with E-state index >= 15 is 0 Å². The summed E-state index contributed by atoms with van der Waals surface area (Å²) in [5.41, 5.74) is 2.07. The average Bonchev–Trinajstić information content (AvgIpc) is 2.96. The van der Waals surface area contributed by atoms with E-state index in [1.807, 2.05) is 43.1 Å². The van der Waals surface area contributed by atoms with Crippen molar-refractivity contribution in [2.75, 3.05) is 7.05 Å². The third-order valence-corrected chi connectivity index (χ3v) is 3.87. The van der Waals surface area contributed by atoms with E-state index in [1.54, 1.807) is 6.33 Å². The lowest BCUT2D eigenvalue weighted by atomic mass is 10.4. The van der Waals surface area contributed by atoms with Crippen molar-refractivity contribution >= 4 is 17.4 Å². The molecule has 0 atom stereocenters. The van der Waals surface area contributed by atoms with E-state index in [4.69, 9.17) is 0 Å². The molecule has 0 spiro atoms. The molecule has 0 radical (unpaired) electrons. The van der Waals surface area contributed by atoms with Crippen molar-refractivity contribution in [1.29, 1.82) is 0 Å². The molecular weight excluding hydrogens is 260 g/mol. The Hall–Kier alpha value is -1.86. The Morgan fingerprint density at radius 2 is 2.26 bits per heavy atom. The van der Waals surface area contributed by atoms with Gasteiger partial charge in [-0.15, -0.1) is 10.2 Å². The van der Waals surface area contributed by atoms with Gasteiger partial charge in [0, 0.05) is 19.8 Å². The molecule has 3 rings (SSSR count). The second-order valence-electron chi connectivity index (χ2n) is 4.15. The number of pyridine rings is 1. The molecule has 0 unspecified atom stereocenters. The third kappa shape index (κ3) is 2.22. The summed E-state index contributed by atoms with van der Waals surface area (Å²) >= 11 is 1.53. The van der Waals surface area contributed by atoms with E-state index in [0.717, 1.165) is 28.1 Å². The SMILES string of the molecule is CNCc1c(Sc2nncn2C)nc2ccccn12. The predicted molar refractivity (Wildman–Crippen MR) is 73.1 cm³/mol. The first-order valence-corrected chi connectivity index (χ1v) is 6.73. The molecule has 1 N–H and O–H groups in total. The minimum Gasteiger partial charge on any atom is -0.314 e. The molecule has 0 saturated heterocycles. The molecule has 3 heterocycles. The van der Waals surface area contributed by atoms with Crippen molar-refractivity contribution in [3.05, 3.63) is 36.4 Å². The summed E-state index contributed by atoms with van der Waals surface area (Å²) in [5, 5.41) is 12.9. The second kappa shape index (κ2) is 5.02. The van der Waals surface area contributed by atoms with Crippen LogP contribution in [0.3, 0.4) is 0 Å². The Balaban J connectivity index is 2.07. The smallest absolute Gasteiger partial charge is 0.197 e. The predicted octanol–water partition coefficient (Wildman–Crippen LogP) is 1.33. The summed E-state index contributed by atoms with van der Waals surface area (Å²) in [4.78, 5) is 4.65. The Morgan fingerprint density at radius 1 is 1.37 bits per heavy atom. The van der Waals surface area contributed by atoms with Gasteiger partial charge in [0.15, 0.2) is 5.16 Å². The molecule has 0 aliphatic heterocycles. The number of fused-ring (bicyclic) bond motifs is 1. The van der Waals surface area contributed by atoms with Crippen molar-refractivity contribution < 1.29 is 0 Å². The van der Waals surface area contributed by atoms with Gasteiger partial charge >= 0.3 is 0 Å². The molecule has 0 fully saturated rings. The minimum atomic E-state index is 0.755. The molecule has 0 amide bonds. The highest BCUT2D eigenvalue weighted by atomic mass is 32.2. The molecular formula is C12H14N6S. The van der Waals surface area contributed by atoms with Crippen LogP contribution >= 0.6 is 11.8 Å². The standard InChI is InChI=1S/C12H14N6S/c1-13-7-9-11(19-12-16-14-8-17(12)2)15-10-5-3-4-6-18(9)10/h3-6,8,13H,7H2,1-2H3. The number of aromatic nitrogens is 5. The summed E-state index contributed by atoms with van der Waals surface area (Å²) in [6.07, 6.45) is 3.71. The summed E-state index contributed by atoms with van der Waals surface area (Å²) in [6.45, 7) is 0.755. The minimum absolute atomic E-state index is 0.755. The first kappa shape index (κ1) is 12.2. The van der Waals surface area contributed by atoms with Crippen LogP contribution in [0.25, 0.3) is 5.65 Å². The first-order chi connectivity index (χ1) is 9.29. The normalized spacial score (nSPS) is 11.3. The lowest BCUT2D eigenvalue weighted by Gasteiger charge is -2.03. The largest absolute Gasteiger partial charge is 0.314 e. The maximum Gasteiger partial charge on any atom is 0.197 e. The number of aryl methyl sites for hydroxylation is 1. The van der Waals surface area contributed by atoms with Gasteiger partial charge < -0.3 is 14.3 Å². The van der Waals surface area contributed by atoms with Crippen LogP contribution in [0.4, 0.5) is 0 Å². The van der Waals surface area contributed by atoms with E-state index in [9.17, 15) is 0 Å². The van der Waals surface area contributed by atoms with Crippen molar-refractivity contribution in [2.45, 2.75) is 16.7 Å². The molecule has 0 saturated carbocycles. The molecule has 0 bridgehead atoms. The van der Waals surface area contributed by atoms with Crippen LogP contribution in [0.2, 0.25) is 0 Å². The van der Waals surface area contributed by atoms with E-state index in [0.29, 0.717) is 0 Å². The van der Waals surface area contributed by atoms with Crippen LogP contribution in [0, 0.1) is 0 Å². The van der Waals surface area contributed by atoms with Gasteiger partial charge in [-0.25, -0.2) is 4.98 Å². The van der Waals surface area contributed by atoms with Crippen molar-refractivity contribution in [2.24, 2.45) is 7.05 Å². The fraction of sp³-hybridized carbons (Fsp3) is 0.250. The summed E-state index contributed by atoms with van der Waals surface area (Å²) < 4.78 is 3.98. The highest BCUT2D eigenvalue weighted by molar-refractivity contribution is 7.99. The number of rotatable bonds is 4. The molecule has 19 heavy (non-hydrogen) atoms. The lowest BCUT2D eigenvalue weighted by molar-refractivity contribution is 0.758. The fourth-order valence-corrected chi connectivity index (χ4v) is 2.77. The molecule has 7 heteroatoms. The van der Waals surface area contributed by atoms with Crippen molar-refractivity contribution in [1.82, 2.24) is 29.5 Å². The zero-order valence-corrected chi connectivity index (χ0v) is 11.6. The molecule has 98 valence electrons. The quantitative estimate of drug-likeness (QED) is 0.778. The molecule has 6 nitrogen and oxygen atoms in total. The van der Waals surface area contributed by atoms with E-state index in [1.165, 1.54) is 11.8 Å². The van der Waals surface area contributed by atoms with Crippen LogP contribution in [0.5, 0.6) is 0 Å². The van der Waals surface area contributed by atoms with E-state index in [-0.39, 0.29) is 0 Å². The molecule has 0 aromatic carbocycles. The van der Waals surface area contributed by atoms with Gasteiger partial charge in [-0.1, -0.05) is 6.07 Å². The van der Waals surface area contributed by atoms with Crippen molar-refractivity contribution in [3.63, 3.8) is 0 Å². The monoisotopic (exact) mass is 274 g/mol. The zero-order valence-electron chi connectivity index (χ0n) is 10.7. The van der Waals surface area contributed by atoms with Crippen LogP contribution < -0.4 is 5.32 Å². The van der Waals surface area contributed by atoms with Gasteiger partial charge in [0.25, 0.3) is 0 Å². The number of nitrogens with zero attached hydrogens (tertiary/aromatic N) is 5. The number of hydrogen-bond acceptors (Lipinski definition) is 5. The van der Waals surface area contributed by atoms with Gasteiger partial charge in [0.05, 0.1) is 5.69 Å². The van der Waals surface area contributed by atoms with Gasteiger partial charge in [0.2, 0.25) is 0 Å². The van der Waals surface area contributed by atoms with Crippen LogP contribution in [-0.2, 0) is 13.6 Å². The van der Waals surface area contributed by atoms with Crippen LogP contribution in [-0.4, -0.2) is 31.2 Å². The number of hydrogen-bond donors (Lipinski definition) is 1. The van der Waals surface area contributed by atoms with Crippen LogP contribution in [0.15, 0.2) is 40.9 Å². The maximum absolute atomic E-state index is 4.65. The second-order valence-corrected chi connectivity index (χ2v) is 5.11. The van der Waals surface area contributed by atoms with Gasteiger partial charge in [-0.05, 0) is 30.9 Å². The number of imidazole rings is 1. The van der Waals surface area contributed by atoms with Gasteiger partial charge in [-0.2, -0.15) is 0 Å². The highest BCUT2D eigenvalue weighted by Crippen LogP contribution is 2.28. The fourth-order valence-electron chi connectivity index (χ4n) is 1.89. The van der Waals surface area contributed by atoms with Gasteiger partial charge in [-0.3, -0.25) is 0 Å². The highest BCUT2D eigenvalue weighted by Gasteiger charge is 2.14. The van der Waals surface area contributed by atoms with Crippen molar-refractivity contribution in [3.8, 4) is 0 Å². The number of nitrogens with one attached hydrogen (secondary N) is 1.